The number of ether oxygens (including phenoxy) is 1. The Labute approximate surface area is 107 Å². The van der Waals surface area contributed by atoms with Gasteiger partial charge in [-0.2, -0.15) is 0 Å². The van der Waals surface area contributed by atoms with E-state index in [2.05, 4.69) is 15.9 Å². The third-order valence-corrected chi connectivity index (χ3v) is 2.60. The molecule has 0 spiro atoms. The maximum Gasteiger partial charge on any atom is 0.311 e. The summed E-state index contributed by atoms with van der Waals surface area (Å²) in [4.78, 5) is 22.1. The van der Waals surface area contributed by atoms with E-state index < -0.39 is 0 Å². The van der Waals surface area contributed by atoms with Gasteiger partial charge < -0.3 is 4.74 Å². The van der Waals surface area contributed by atoms with E-state index >= 15 is 0 Å². The van der Waals surface area contributed by atoms with Crippen LogP contribution in [0.25, 0.3) is 0 Å². The molecule has 0 amide bonds. The van der Waals surface area contributed by atoms with Crippen molar-refractivity contribution in [2.24, 2.45) is 0 Å². The second-order valence-electron chi connectivity index (χ2n) is 3.07. The third-order valence-electron chi connectivity index (χ3n) is 1.84. The van der Waals surface area contributed by atoms with E-state index in [1.807, 2.05) is 0 Å². The Bertz CT molecular complexity index is 393. The van der Waals surface area contributed by atoms with E-state index in [-0.39, 0.29) is 18.1 Å². The van der Waals surface area contributed by atoms with Gasteiger partial charge in [-0.3, -0.25) is 9.59 Å². The minimum atomic E-state index is -0.383. The maximum absolute atomic E-state index is 11.3. The van der Waals surface area contributed by atoms with Crippen LogP contribution in [0.3, 0.4) is 0 Å². The van der Waals surface area contributed by atoms with Crippen molar-refractivity contribution in [1.29, 1.82) is 0 Å². The minimum Gasteiger partial charge on any atom is -0.426 e. The minimum absolute atomic E-state index is 0.248. The fraction of sp³-hybridized carbons (Fsp3) is 0.273. The number of esters is 1. The van der Waals surface area contributed by atoms with Crippen LogP contribution in [-0.2, 0) is 4.79 Å². The third kappa shape index (κ3) is 3.94. The van der Waals surface area contributed by atoms with Gasteiger partial charge in [0.15, 0.2) is 6.29 Å². The largest absolute Gasteiger partial charge is 0.426 e. The standard InChI is InChI=1S/C11H10BrClO3/c12-9-3-4-10(8(6-9)7-14)16-11(15)2-1-5-13/h3-4,6-7H,1-2,5H2. The molecule has 0 saturated heterocycles. The predicted molar refractivity (Wildman–Crippen MR) is 65.1 cm³/mol. The lowest BCUT2D eigenvalue weighted by molar-refractivity contribution is -0.134. The molecule has 0 fully saturated rings. The van der Waals surface area contributed by atoms with Crippen LogP contribution in [0, 0.1) is 0 Å². The van der Waals surface area contributed by atoms with Crippen molar-refractivity contribution in [3.63, 3.8) is 0 Å². The molecule has 1 aromatic rings. The molecule has 86 valence electrons. The molecule has 0 heterocycles. The quantitative estimate of drug-likeness (QED) is 0.363. The zero-order valence-electron chi connectivity index (χ0n) is 8.41. The lowest BCUT2D eigenvalue weighted by atomic mass is 10.2. The SMILES string of the molecule is O=Cc1cc(Br)ccc1OC(=O)CCCCl. The molecule has 1 aromatic carbocycles. The molecule has 0 bridgehead atoms. The first-order chi connectivity index (χ1) is 7.67. The molecule has 0 radical (unpaired) electrons. The van der Waals surface area contributed by atoms with E-state index in [0.717, 1.165) is 4.47 Å². The normalized spacial score (nSPS) is 9.88. The van der Waals surface area contributed by atoms with Gasteiger partial charge in [0.25, 0.3) is 0 Å². The monoisotopic (exact) mass is 304 g/mol. The number of hydrogen-bond acceptors (Lipinski definition) is 3. The molecule has 5 heteroatoms. The molecule has 16 heavy (non-hydrogen) atoms. The Balaban J connectivity index is 2.72. The number of benzene rings is 1. The molecule has 0 aliphatic carbocycles. The highest BCUT2D eigenvalue weighted by Gasteiger charge is 2.08. The highest BCUT2D eigenvalue weighted by atomic mass is 79.9. The number of hydrogen-bond donors (Lipinski definition) is 0. The van der Waals surface area contributed by atoms with Gasteiger partial charge in [-0.15, -0.1) is 11.6 Å². The van der Waals surface area contributed by atoms with Crippen LogP contribution >= 0.6 is 27.5 Å². The predicted octanol–water partition coefficient (Wildman–Crippen LogP) is 3.19. The Morgan fingerprint density at radius 3 is 2.88 bits per heavy atom. The maximum atomic E-state index is 11.3. The van der Waals surface area contributed by atoms with Crippen LogP contribution in [0.2, 0.25) is 0 Å². The van der Waals surface area contributed by atoms with Gasteiger partial charge >= 0.3 is 5.97 Å². The molecule has 0 saturated carbocycles. The second-order valence-corrected chi connectivity index (χ2v) is 4.36. The van der Waals surface area contributed by atoms with Crippen molar-refractivity contribution in [1.82, 2.24) is 0 Å². The van der Waals surface area contributed by atoms with E-state index in [9.17, 15) is 9.59 Å². The van der Waals surface area contributed by atoms with Gasteiger partial charge in [0.1, 0.15) is 5.75 Å². The van der Waals surface area contributed by atoms with Crippen LogP contribution < -0.4 is 4.74 Å². The zero-order chi connectivity index (χ0) is 12.0. The first kappa shape index (κ1) is 13.2. The van der Waals surface area contributed by atoms with Gasteiger partial charge in [-0.05, 0) is 24.6 Å². The zero-order valence-corrected chi connectivity index (χ0v) is 10.8. The molecule has 1 rings (SSSR count). The number of aldehydes is 1. The number of rotatable bonds is 5. The van der Waals surface area contributed by atoms with Crippen LogP contribution in [0.15, 0.2) is 22.7 Å². The number of carbonyl (C=O) groups is 2. The second kappa shape index (κ2) is 6.66. The van der Waals surface area contributed by atoms with Gasteiger partial charge in [-0.1, -0.05) is 15.9 Å². The molecule has 0 N–H and O–H groups in total. The summed E-state index contributed by atoms with van der Waals surface area (Å²) in [6.45, 7) is 0. The van der Waals surface area contributed by atoms with Gasteiger partial charge in [-0.25, -0.2) is 0 Å². The molecule has 0 aromatic heterocycles. The fourth-order valence-electron chi connectivity index (χ4n) is 1.09. The van der Waals surface area contributed by atoms with Gasteiger partial charge in [0, 0.05) is 16.8 Å². The summed E-state index contributed by atoms with van der Waals surface area (Å²) in [5.74, 6) is 0.305. The molecule has 0 aliphatic rings. The average molecular weight is 306 g/mol. The summed E-state index contributed by atoms with van der Waals surface area (Å²) in [6.07, 6.45) is 1.46. The smallest absolute Gasteiger partial charge is 0.311 e. The van der Waals surface area contributed by atoms with Crippen LogP contribution in [0.1, 0.15) is 23.2 Å². The Kier molecular flexibility index (Phi) is 5.49. The number of carbonyl (C=O) groups excluding carboxylic acids is 2. The fourth-order valence-corrected chi connectivity index (χ4v) is 1.60. The average Bonchev–Trinajstić information content (AvgIpc) is 2.28. The first-order valence-electron chi connectivity index (χ1n) is 4.68. The Morgan fingerprint density at radius 2 is 2.25 bits per heavy atom. The Morgan fingerprint density at radius 1 is 1.50 bits per heavy atom. The summed E-state index contributed by atoms with van der Waals surface area (Å²) < 4.78 is 5.80. The van der Waals surface area contributed by atoms with Crippen molar-refractivity contribution in [3.05, 3.63) is 28.2 Å². The summed E-state index contributed by atoms with van der Waals surface area (Å²) in [5, 5.41) is 0. The lowest BCUT2D eigenvalue weighted by Gasteiger charge is -2.06. The van der Waals surface area contributed by atoms with Crippen LogP contribution in [0.4, 0.5) is 0 Å². The van der Waals surface area contributed by atoms with Gasteiger partial charge in [0.05, 0.1) is 5.56 Å². The van der Waals surface area contributed by atoms with Crippen LogP contribution in [0.5, 0.6) is 5.75 Å². The van der Waals surface area contributed by atoms with Crippen molar-refractivity contribution in [2.75, 3.05) is 5.88 Å². The summed E-state index contributed by atoms with van der Waals surface area (Å²) >= 11 is 8.69. The van der Waals surface area contributed by atoms with E-state index in [1.54, 1.807) is 18.2 Å². The van der Waals surface area contributed by atoms with Gasteiger partial charge in [0.2, 0.25) is 0 Å². The van der Waals surface area contributed by atoms with E-state index in [4.69, 9.17) is 16.3 Å². The highest BCUT2D eigenvalue weighted by Crippen LogP contribution is 2.22. The summed E-state index contributed by atoms with van der Waals surface area (Å²) in [5.41, 5.74) is 0.341. The number of alkyl halides is 1. The van der Waals surface area contributed by atoms with Crippen molar-refractivity contribution in [2.45, 2.75) is 12.8 Å². The van der Waals surface area contributed by atoms with E-state index in [1.165, 1.54) is 0 Å². The molecule has 0 unspecified atom stereocenters. The highest BCUT2D eigenvalue weighted by molar-refractivity contribution is 9.10. The topological polar surface area (TPSA) is 43.4 Å². The Hall–Kier alpha value is -0.870. The van der Waals surface area contributed by atoms with Crippen molar-refractivity contribution >= 4 is 39.8 Å². The first-order valence-corrected chi connectivity index (χ1v) is 6.01. The molecule has 0 atom stereocenters. The van der Waals surface area contributed by atoms with E-state index in [0.29, 0.717) is 24.2 Å². The summed E-state index contributed by atoms with van der Waals surface area (Å²) in [7, 11) is 0. The molecular formula is C11H10BrClO3. The van der Waals surface area contributed by atoms with Crippen molar-refractivity contribution in [3.8, 4) is 5.75 Å². The summed E-state index contributed by atoms with van der Waals surface area (Å²) in [6, 6.07) is 4.88. The molecule has 3 nitrogen and oxygen atoms in total. The van der Waals surface area contributed by atoms with Crippen LogP contribution in [-0.4, -0.2) is 18.1 Å². The number of halogens is 2. The lowest BCUT2D eigenvalue weighted by Crippen LogP contribution is -2.09. The molecular weight excluding hydrogens is 295 g/mol. The van der Waals surface area contributed by atoms with Crippen molar-refractivity contribution < 1.29 is 14.3 Å². The molecule has 0 aliphatic heterocycles.